The summed E-state index contributed by atoms with van der Waals surface area (Å²) in [5, 5.41) is 0. The van der Waals surface area contributed by atoms with Crippen LogP contribution in [0.2, 0.25) is 0 Å². The number of hydrogen-bond donors (Lipinski definition) is 0. The highest BCUT2D eigenvalue weighted by atomic mass is 79.9. The van der Waals surface area contributed by atoms with Crippen LogP contribution in [0.3, 0.4) is 0 Å². The van der Waals surface area contributed by atoms with Crippen molar-refractivity contribution in [1.29, 1.82) is 0 Å². The first-order chi connectivity index (χ1) is 11.2. The molecule has 0 atom stereocenters. The van der Waals surface area contributed by atoms with Gasteiger partial charge < -0.3 is 9.47 Å². The van der Waals surface area contributed by atoms with Gasteiger partial charge in [-0.2, -0.15) is 0 Å². The maximum absolute atomic E-state index is 12.3. The Morgan fingerprint density at radius 1 is 1.17 bits per heavy atom. The Labute approximate surface area is 148 Å². The van der Waals surface area contributed by atoms with Crippen LogP contribution in [0.25, 0.3) is 0 Å². The van der Waals surface area contributed by atoms with Crippen LogP contribution in [0.5, 0.6) is 11.5 Å². The molecule has 1 heterocycles. The van der Waals surface area contributed by atoms with Crippen LogP contribution in [-0.4, -0.2) is 61.5 Å². The van der Waals surface area contributed by atoms with Gasteiger partial charge in [0.1, 0.15) is 18.1 Å². The van der Waals surface area contributed by atoms with Crippen LogP contribution in [0.15, 0.2) is 22.7 Å². The molecule has 8 heteroatoms. The molecule has 1 aromatic carbocycles. The summed E-state index contributed by atoms with van der Waals surface area (Å²) in [6, 6.07) is 4.53. The van der Waals surface area contributed by atoms with Gasteiger partial charge in [-0.3, -0.25) is 9.80 Å². The minimum absolute atomic E-state index is 0.286. The van der Waals surface area contributed by atoms with Gasteiger partial charge in [0.2, 0.25) is 0 Å². The van der Waals surface area contributed by atoms with E-state index in [2.05, 4.69) is 44.3 Å². The minimum Gasteiger partial charge on any atom is -0.491 e. The maximum Gasteiger partial charge on any atom is 0.573 e. The second kappa shape index (κ2) is 8.40. The number of alkyl halides is 3. The summed E-state index contributed by atoms with van der Waals surface area (Å²) in [4.78, 5) is 4.72. The van der Waals surface area contributed by atoms with Crippen molar-refractivity contribution >= 4 is 15.9 Å². The Morgan fingerprint density at radius 3 is 2.42 bits per heavy atom. The highest BCUT2D eigenvalue weighted by Crippen LogP contribution is 2.32. The Bertz CT molecular complexity index is 533. The standard InChI is InChI=1S/C16H22BrF3N2O2/c1-12(2)22-7-5-21(6-8-22)9-10-23-15-11-13(3-4-14(15)17)24-16(18,19)20/h3-4,11-12H,5-10H2,1-2H3. The lowest BCUT2D eigenvalue weighted by Gasteiger charge is -2.36. The van der Waals surface area contributed by atoms with E-state index in [4.69, 9.17) is 4.74 Å². The summed E-state index contributed by atoms with van der Waals surface area (Å²) >= 11 is 3.28. The topological polar surface area (TPSA) is 24.9 Å². The van der Waals surface area contributed by atoms with Gasteiger partial charge in [-0.25, -0.2) is 0 Å². The van der Waals surface area contributed by atoms with E-state index in [1.807, 2.05) is 0 Å². The number of ether oxygens (including phenoxy) is 2. The van der Waals surface area contributed by atoms with Gasteiger partial charge in [-0.1, -0.05) is 0 Å². The highest BCUT2D eigenvalue weighted by molar-refractivity contribution is 9.10. The molecule has 1 aliphatic rings. The Morgan fingerprint density at radius 2 is 1.83 bits per heavy atom. The summed E-state index contributed by atoms with van der Waals surface area (Å²) in [5.74, 6) is 0.0591. The molecule has 0 aromatic heterocycles. The van der Waals surface area contributed by atoms with Crippen LogP contribution >= 0.6 is 15.9 Å². The lowest BCUT2D eigenvalue weighted by Crippen LogP contribution is -2.49. The van der Waals surface area contributed by atoms with Gasteiger partial charge in [0.15, 0.2) is 0 Å². The second-order valence-corrected chi connectivity index (χ2v) is 6.81. The lowest BCUT2D eigenvalue weighted by molar-refractivity contribution is -0.274. The number of nitrogens with zero attached hydrogens (tertiary/aromatic N) is 2. The summed E-state index contributed by atoms with van der Waals surface area (Å²) in [7, 11) is 0. The Balaban J connectivity index is 1.81. The first-order valence-electron chi connectivity index (χ1n) is 7.89. The number of piperazine rings is 1. The molecule has 24 heavy (non-hydrogen) atoms. The van der Waals surface area contributed by atoms with Gasteiger partial charge in [0.05, 0.1) is 4.47 Å². The zero-order chi connectivity index (χ0) is 17.7. The predicted octanol–water partition coefficient (Wildman–Crippen LogP) is 3.75. The fraction of sp³-hybridized carbons (Fsp3) is 0.625. The van der Waals surface area contributed by atoms with Crippen molar-refractivity contribution in [2.75, 3.05) is 39.3 Å². The van der Waals surface area contributed by atoms with E-state index in [1.54, 1.807) is 0 Å². The van der Waals surface area contributed by atoms with Crippen molar-refractivity contribution in [3.8, 4) is 11.5 Å². The number of benzene rings is 1. The number of hydrogen-bond acceptors (Lipinski definition) is 4. The highest BCUT2D eigenvalue weighted by Gasteiger charge is 2.31. The van der Waals surface area contributed by atoms with E-state index in [0.717, 1.165) is 32.7 Å². The minimum atomic E-state index is -4.71. The smallest absolute Gasteiger partial charge is 0.491 e. The fourth-order valence-electron chi connectivity index (χ4n) is 2.58. The summed E-state index contributed by atoms with van der Waals surface area (Å²) in [5.41, 5.74) is 0. The summed E-state index contributed by atoms with van der Waals surface area (Å²) < 4.78 is 46.9. The van der Waals surface area contributed by atoms with Crippen molar-refractivity contribution in [3.63, 3.8) is 0 Å². The predicted molar refractivity (Wildman–Crippen MR) is 89.5 cm³/mol. The second-order valence-electron chi connectivity index (χ2n) is 5.96. The van der Waals surface area contributed by atoms with Crippen LogP contribution in [-0.2, 0) is 0 Å². The Hall–Kier alpha value is -0.990. The molecule has 0 radical (unpaired) electrons. The molecule has 1 aromatic rings. The normalized spacial score (nSPS) is 17.3. The van der Waals surface area contributed by atoms with Crippen LogP contribution in [0, 0.1) is 0 Å². The zero-order valence-corrected chi connectivity index (χ0v) is 15.4. The summed E-state index contributed by atoms with van der Waals surface area (Å²) in [6.07, 6.45) is -4.71. The van der Waals surface area contributed by atoms with Gasteiger partial charge >= 0.3 is 6.36 Å². The van der Waals surface area contributed by atoms with Gasteiger partial charge in [-0.05, 0) is 41.9 Å². The molecule has 0 amide bonds. The molecular weight excluding hydrogens is 389 g/mol. The van der Waals surface area contributed by atoms with Crippen LogP contribution in [0.1, 0.15) is 13.8 Å². The van der Waals surface area contributed by atoms with E-state index in [-0.39, 0.29) is 5.75 Å². The zero-order valence-electron chi connectivity index (χ0n) is 13.8. The summed E-state index contributed by atoms with van der Waals surface area (Å²) in [6.45, 7) is 9.52. The molecule has 1 fully saturated rings. The molecule has 0 unspecified atom stereocenters. The van der Waals surface area contributed by atoms with E-state index >= 15 is 0 Å². The molecule has 2 rings (SSSR count). The van der Waals surface area contributed by atoms with E-state index in [0.29, 0.717) is 22.9 Å². The Kier molecular flexibility index (Phi) is 6.77. The third kappa shape index (κ3) is 6.14. The van der Waals surface area contributed by atoms with Crippen molar-refractivity contribution in [1.82, 2.24) is 9.80 Å². The molecule has 0 N–H and O–H groups in total. The molecule has 0 saturated carbocycles. The monoisotopic (exact) mass is 410 g/mol. The average molecular weight is 411 g/mol. The molecule has 0 aliphatic carbocycles. The molecule has 0 bridgehead atoms. The van der Waals surface area contributed by atoms with Gasteiger partial charge in [-0.15, -0.1) is 13.2 Å². The first kappa shape index (κ1) is 19.3. The molecule has 4 nitrogen and oxygen atoms in total. The lowest BCUT2D eigenvalue weighted by atomic mass is 10.2. The quantitative estimate of drug-likeness (QED) is 0.712. The van der Waals surface area contributed by atoms with Gasteiger partial charge in [0.25, 0.3) is 0 Å². The number of halogens is 4. The van der Waals surface area contributed by atoms with E-state index in [9.17, 15) is 13.2 Å². The van der Waals surface area contributed by atoms with E-state index < -0.39 is 6.36 Å². The van der Waals surface area contributed by atoms with E-state index in [1.165, 1.54) is 18.2 Å². The average Bonchev–Trinajstić information content (AvgIpc) is 2.49. The molecule has 1 saturated heterocycles. The molecule has 0 spiro atoms. The molecule has 136 valence electrons. The largest absolute Gasteiger partial charge is 0.573 e. The molecule has 1 aliphatic heterocycles. The fourth-order valence-corrected chi connectivity index (χ4v) is 2.94. The number of rotatable bonds is 6. The van der Waals surface area contributed by atoms with Crippen molar-refractivity contribution < 1.29 is 22.6 Å². The molecular formula is C16H22BrF3N2O2. The SMILES string of the molecule is CC(C)N1CCN(CCOc2cc(OC(F)(F)F)ccc2Br)CC1. The van der Waals surface area contributed by atoms with Crippen molar-refractivity contribution in [2.24, 2.45) is 0 Å². The van der Waals surface area contributed by atoms with Crippen LogP contribution in [0.4, 0.5) is 13.2 Å². The van der Waals surface area contributed by atoms with Crippen molar-refractivity contribution in [3.05, 3.63) is 22.7 Å². The van der Waals surface area contributed by atoms with Crippen molar-refractivity contribution in [2.45, 2.75) is 26.3 Å². The third-order valence-corrected chi connectivity index (χ3v) is 4.59. The first-order valence-corrected chi connectivity index (χ1v) is 8.68. The van der Waals surface area contributed by atoms with Gasteiger partial charge in [0, 0.05) is 44.8 Å². The van der Waals surface area contributed by atoms with Crippen LogP contribution < -0.4 is 9.47 Å². The maximum atomic E-state index is 12.3. The third-order valence-electron chi connectivity index (χ3n) is 3.94.